The van der Waals surface area contributed by atoms with Crippen molar-refractivity contribution in [2.24, 2.45) is 0 Å². The van der Waals surface area contributed by atoms with Gasteiger partial charge in [0.15, 0.2) is 6.10 Å². The number of thiazole rings is 1. The fourth-order valence-corrected chi connectivity index (χ4v) is 6.97. The molecule has 0 unspecified atom stereocenters. The van der Waals surface area contributed by atoms with Gasteiger partial charge in [0.05, 0.1) is 40.2 Å². The molecule has 4 aromatic carbocycles. The zero-order chi connectivity index (χ0) is 31.9. The number of aromatic nitrogens is 3. The first-order chi connectivity index (χ1) is 21.5. The van der Waals surface area contributed by atoms with Gasteiger partial charge in [-0.3, -0.25) is 4.68 Å². The Hall–Kier alpha value is -4.04. The summed E-state index contributed by atoms with van der Waals surface area (Å²) >= 11 is 7.91. The van der Waals surface area contributed by atoms with Crippen LogP contribution in [0.3, 0.4) is 0 Å². The number of carbonyl (C=O) groups is 1. The molecule has 0 aliphatic heterocycles. The molecule has 45 heavy (non-hydrogen) atoms. The Balaban J connectivity index is 1.52. The highest BCUT2D eigenvalue weighted by Gasteiger charge is 2.33. The molecule has 8 heteroatoms. The van der Waals surface area contributed by atoms with Gasteiger partial charge in [0, 0.05) is 27.1 Å². The summed E-state index contributed by atoms with van der Waals surface area (Å²) in [5.41, 5.74) is 8.05. The fraction of sp³-hybridized carbons (Fsp3) is 0.270. The fourth-order valence-electron chi connectivity index (χ4n) is 5.72. The Bertz CT molecular complexity index is 2010. The van der Waals surface area contributed by atoms with Crippen molar-refractivity contribution >= 4 is 50.0 Å². The number of carbonyl (C=O) groups excluding carboxylic acids is 1. The summed E-state index contributed by atoms with van der Waals surface area (Å²) < 4.78 is 15.0. The summed E-state index contributed by atoms with van der Waals surface area (Å²) in [7, 11) is 0. The van der Waals surface area contributed by atoms with E-state index in [1.54, 1.807) is 11.3 Å². The molecule has 0 radical (unpaired) electrons. The van der Waals surface area contributed by atoms with Crippen molar-refractivity contribution in [1.29, 1.82) is 0 Å². The molecule has 0 amide bonds. The molecule has 2 heterocycles. The van der Waals surface area contributed by atoms with E-state index in [-0.39, 0.29) is 6.61 Å². The molecule has 0 aliphatic rings. The normalized spacial score (nSPS) is 12.6. The van der Waals surface area contributed by atoms with Gasteiger partial charge in [0.1, 0.15) is 5.01 Å². The first kappa shape index (κ1) is 31.0. The number of hydrogen-bond acceptors (Lipinski definition) is 6. The smallest absolute Gasteiger partial charge is 0.339 e. The van der Waals surface area contributed by atoms with Crippen LogP contribution in [0, 0.1) is 13.8 Å². The number of nitrogens with zero attached hydrogens (tertiary/aromatic N) is 3. The van der Waals surface area contributed by atoms with Crippen molar-refractivity contribution in [3.8, 4) is 21.7 Å². The molecule has 6 aromatic rings. The number of ether oxygens (including phenoxy) is 2. The van der Waals surface area contributed by atoms with Crippen molar-refractivity contribution in [3.63, 3.8) is 0 Å². The van der Waals surface area contributed by atoms with Crippen molar-refractivity contribution in [1.82, 2.24) is 14.8 Å². The van der Waals surface area contributed by atoms with Crippen LogP contribution >= 0.6 is 22.9 Å². The Morgan fingerprint density at radius 3 is 2.38 bits per heavy atom. The van der Waals surface area contributed by atoms with Crippen molar-refractivity contribution < 1.29 is 14.3 Å². The number of esters is 1. The van der Waals surface area contributed by atoms with E-state index in [1.807, 2.05) is 77.9 Å². The second-order valence-electron chi connectivity index (χ2n) is 12.2. The Morgan fingerprint density at radius 2 is 1.69 bits per heavy atom. The average molecular weight is 638 g/mol. The predicted molar refractivity (Wildman–Crippen MR) is 184 cm³/mol. The van der Waals surface area contributed by atoms with Crippen LogP contribution in [0.2, 0.25) is 5.02 Å². The number of fused-ring (bicyclic) bond motifs is 2. The molecule has 0 spiro atoms. The monoisotopic (exact) mass is 637 g/mol. The van der Waals surface area contributed by atoms with Crippen LogP contribution in [0.4, 0.5) is 0 Å². The van der Waals surface area contributed by atoms with Crippen molar-refractivity contribution in [2.75, 3.05) is 6.61 Å². The Labute approximate surface area is 272 Å². The van der Waals surface area contributed by atoms with E-state index >= 15 is 0 Å². The van der Waals surface area contributed by atoms with Gasteiger partial charge in [0.25, 0.3) is 0 Å². The number of hydrogen-bond donors (Lipinski definition) is 0. The molecule has 0 bridgehead atoms. The maximum absolute atomic E-state index is 13.5. The largest absolute Gasteiger partial charge is 0.464 e. The van der Waals surface area contributed by atoms with Crippen LogP contribution in [-0.2, 0) is 20.8 Å². The third kappa shape index (κ3) is 6.39. The van der Waals surface area contributed by atoms with Crippen LogP contribution in [0.5, 0.6) is 0 Å². The van der Waals surface area contributed by atoms with Crippen LogP contribution in [0.15, 0.2) is 78.9 Å². The van der Waals surface area contributed by atoms with Gasteiger partial charge in [-0.15, -0.1) is 11.3 Å². The Kier molecular flexibility index (Phi) is 8.53. The lowest BCUT2D eigenvalue weighted by atomic mass is 9.91. The van der Waals surface area contributed by atoms with Gasteiger partial charge in [-0.25, -0.2) is 9.78 Å². The minimum Gasteiger partial charge on any atom is -0.464 e. The third-order valence-corrected chi connectivity index (χ3v) is 9.04. The Morgan fingerprint density at radius 1 is 0.978 bits per heavy atom. The molecule has 0 saturated heterocycles. The zero-order valence-corrected chi connectivity index (χ0v) is 27.9. The number of benzene rings is 4. The van der Waals surface area contributed by atoms with Gasteiger partial charge in [-0.05, 0) is 94.6 Å². The summed E-state index contributed by atoms with van der Waals surface area (Å²) in [6.07, 6.45) is -0.917. The number of aryl methyl sites for hydroxylation is 2. The highest BCUT2D eigenvalue weighted by molar-refractivity contribution is 7.22. The molecular formula is C37H36ClN3O3S. The van der Waals surface area contributed by atoms with Gasteiger partial charge in [0.2, 0.25) is 0 Å². The van der Waals surface area contributed by atoms with Crippen molar-refractivity contribution in [2.45, 2.75) is 59.8 Å². The maximum atomic E-state index is 13.5. The number of halogens is 1. The van der Waals surface area contributed by atoms with E-state index in [9.17, 15) is 4.79 Å². The van der Waals surface area contributed by atoms with Gasteiger partial charge < -0.3 is 9.47 Å². The van der Waals surface area contributed by atoms with Gasteiger partial charge in [-0.1, -0.05) is 54.1 Å². The number of rotatable bonds is 8. The summed E-state index contributed by atoms with van der Waals surface area (Å²) in [6.45, 7) is 12.7. The molecule has 0 saturated carbocycles. The molecule has 0 N–H and O–H groups in total. The van der Waals surface area contributed by atoms with Gasteiger partial charge >= 0.3 is 5.97 Å². The second-order valence-corrected chi connectivity index (χ2v) is 13.6. The van der Waals surface area contributed by atoms with E-state index in [1.165, 1.54) is 5.56 Å². The highest BCUT2D eigenvalue weighted by atomic mass is 35.5. The molecular weight excluding hydrogens is 602 g/mol. The first-order valence-corrected chi connectivity index (χ1v) is 16.3. The van der Waals surface area contributed by atoms with E-state index in [2.05, 4.69) is 47.1 Å². The van der Waals surface area contributed by atoms with E-state index < -0.39 is 17.7 Å². The lowest BCUT2D eigenvalue weighted by molar-refractivity contribution is -0.166. The third-order valence-electron chi connectivity index (χ3n) is 7.65. The SMILES string of the molecule is CCOC(=O)[C@@H](OC(C)(C)C)c1c(C)cc2nc(-c3ccc4c(c3)c(C)nn4Cc3ccccc3)sc2c1-c1ccc(Cl)cc1. The summed E-state index contributed by atoms with van der Waals surface area (Å²) in [5, 5.41) is 7.48. The summed E-state index contributed by atoms with van der Waals surface area (Å²) in [5.74, 6) is -0.414. The second kappa shape index (κ2) is 12.4. The molecule has 6 rings (SSSR count). The van der Waals surface area contributed by atoms with E-state index in [0.717, 1.165) is 59.6 Å². The minimum atomic E-state index is -0.917. The predicted octanol–water partition coefficient (Wildman–Crippen LogP) is 9.72. The molecule has 1 atom stereocenters. The first-order valence-electron chi connectivity index (χ1n) is 15.1. The highest BCUT2D eigenvalue weighted by Crippen LogP contribution is 2.45. The van der Waals surface area contributed by atoms with Gasteiger partial charge in [-0.2, -0.15) is 5.10 Å². The summed E-state index contributed by atoms with van der Waals surface area (Å²) in [6, 6.07) is 26.5. The molecule has 230 valence electrons. The summed E-state index contributed by atoms with van der Waals surface area (Å²) in [4.78, 5) is 18.6. The zero-order valence-electron chi connectivity index (χ0n) is 26.3. The van der Waals surface area contributed by atoms with E-state index in [0.29, 0.717) is 11.6 Å². The van der Waals surface area contributed by atoms with Crippen LogP contribution < -0.4 is 0 Å². The standard InChI is InChI=1S/C37H36ClN3O3S/c1-7-43-36(42)33(44-37(4,5)6)31-22(2)19-29-34(32(31)25-13-16-27(38)17-14-25)45-35(39-29)26-15-18-30-28(20-26)23(3)40-41(30)21-24-11-9-8-10-12-24/h8-20,33H,7,21H2,1-6H3/t33-/m0/s1. The molecule has 0 aliphatic carbocycles. The quantitative estimate of drug-likeness (QED) is 0.155. The molecule has 0 fully saturated rings. The average Bonchev–Trinajstić information content (AvgIpc) is 3.56. The molecule has 6 nitrogen and oxygen atoms in total. The van der Waals surface area contributed by atoms with E-state index in [4.69, 9.17) is 31.2 Å². The maximum Gasteiger partial charge on any atom is 0.339 e. The lowest BCUT2D eigenvalue weighted by Crippen LogP contribution is -2.29. The van der Waals surface area contributed by atoms with Crippen LogP contribution in [-0.4, -0.2) is 32.9 Å². The topological polar surface area (TPSA) is 66.2 Å². The minimum absolute atomic E-state index is 0.259. The molecule has 2 aromatic heterocycles. The van der Waals surface area contributed by atoms with Crippen LogP contribution in [0.1, 0.15) is 56.2 Å². The van der Waals surface area contributed by atoms with Crippen LogP contribution in [0.25, 0.3) is 42.8 Å². The van der Waals surface area contributed by atoms with Crippen molar-refractivity contribution in [3.05, 3.63) is 106 Å². The lowest BCUT2D eigenvalue weighted by Gasteiger charge is -2.29.